The van der Waals surface area contributed by atoms with E-state index < -0.39 is 0 Å². The fourth-order valence-electron chi connectivity index (χ4n) is 2.90. The molecule has 0 aromatic rings. The van der Waals surface area contributed by atoms with Gasteiger partial charge in [-0.1, -0.05) is 19.3 Å². The molecule has 1 amide bonds. The van der Waals surface area contributed by atoms with Crippen LogP contribution in [0.25, 0.3) is 0 Å². The highest BCUT2D eigenvalue weighted by Crippen LogP contribution is 2.30. The van der Waals surface area contributed by atoms with E-state index in [-0.39, 0.29) is 5.91 Å². The van der Waals surface area contributed by atoms with Crippen LogP contribution in [0.5, 0.6) is 0 Å². The lowest BCUT2D eigenvalue weighted by molar-refractivity contribution is -0.122. The van der Waals surface area contributed by atoms with E-state index in [9.17, 15) is 4.79 Å². The van der Waals surface area contributed by atoms with Gasteiger partial charge in [0.25, 0.3) is 0 Å². The van der Waals surface area contributed by atoms with Crippen LogP contribution in [0.2, 0.25) is 0 Å². The second-order valence-electron chi connectivity index (χ2n) is 5.87. The highest BCUT2D eigenvalue weighted by atomic mass is 16.1. The molecule has 3 nitrogen and oxygen atoms in total. The number of amides is 1. The molecule has 17 heavy (non-hydrogen) atoms. The number of nitrogens with one attached hydrogen (secondary N) is 1. The largest absolute Gasteiger partial charge is 0.353 e. The summed E-state index contributed by atoms with van der Waals surface area (Å²) >= 11 is 0. The predicted octanol–water partition coefficient (Wildman–Crippen LogP) is 2.34. The Labute approximate surface area is 105 Å². The van der Waals surface area contributed by atoms with Crippen molar-refractivity contribution in [3.63, 3.8) is 0 Å². The van der Waals surface area contributed by atoms with E-state index in [1.807, 2.05) is 0 Å². The van der Waals surface area contributed by atoms with Crippen molar-refractivity contribution >= 4 is 5.91 Å². The first-order valence-electron chi connectivity index (χ1n) is 7.29. The third-order valence-electron chi connectivity index (χ3n) is 4.38. The van der Waals surface area contributed by atoms with Gasteiger partial charge in [0.1, 0.15) is 0 Å². The molecule has 0 heterocycles. The molecule has 0 spiro atoms. The van der Waals surface area contributed by atoms with Gasteiger partial charge >= 0.3 is 0 Å². The molecule has 2 rings (SSSR count). The first-order valence-corrected chi connectivity index (χ1v) is 7.29. The fraction of sp³-hybridized carbons (Fsp3) is 0.929. The Morgan fingerprint density at radius 2 is 1.82 bits per heavy atom. The zero-order valence-corrected chi connectivity index (χ0v) is 10.8. The van der Waals surface area contributed by atoms with Crippen LogP contribution in [0.4, 0.5) is 0 Å². The van der Waals surface area contributed by atoms with Gasteiger partial charge in [-0.15, -0.1) is 0 Å². The maximum atomic E-state index is 11.7. The average Bonchev–Trinajstić information content (AvgIpc) is 2.25. The normalized spacial score (nSPS) is 29.7. The van der Waals surface area contributed by atoms with Crippen LogP contribution in [0, 0.1) is 5.92 Å². The summed E-state index contributed by atoms with van der Waals surface area (Å²) in [6.07, 6.45) is 11.5. The summed E-state index contributed by atoms with van der Waals surface area (Å²) < 4.78 is 0. The second-order valence-corrected chi connectivity index (χ2v) is 5.87. The van der Waals surface area contributed by atoms with Gasteiger partial charge in [0.05, 0.1) is 0 Å². The van der Waals surface area contributed by atoms with Crippen molar-refractivity contribution < 1.29 is 4.79 Å². The van der Waals surface area contributed by atoms with Crippen molar-refractivity contribution in [3.05, 3.63) is 0 Å². The Morgan fingerprint density at radius 1 is 1.12 bits per heavy atom. The molecule has 0 atom stereocenters. The topological polar surface area (TPSA) is 55.1 Å². The van der Waals surface area contributed by atoms with E-state index in [1.165, 1.54) is 25.7 Å². The lowest BCUT2D eigenvalue weighted by Crippen LogP contribution is -2.40. The van der Waals surface area contributed by atoms with Crippen LogP contribution in [0.1, 0.15) is 64.2 Å². The number of nitrogens with two attached hydrogens (primary N) is 1. The molecule has 2 fully saturated rings. The van der Waals surface area contributed by atoms with E-state index >= 15 is 0 Å². The lowest BCUT2D eigenvalue weighted by Gasteiger charge is -2.27. The van der Waals surface area contributed by atoms with Crippen molar-refractivity contribution in [2.45, 2.75) is 76.3 Å². The average molecular weight is 238 g/mol. The molecule has 0 aliphatic heterocycles. The van der Waals surface area contributed by atoms with Crippen LogP contribution in [0.15, 0.2) is 0 Å². The molecule has 0 bridgehead atoms. The van der Waals surface area contributed by atoms with Crippen LogP contribution in [-0.2, 0) is 4.79 Å². The zero-order chi connectivity index (χ0) is 12.1. The number of hydrogen-bond acceptors (Lipinski definition) is 2. The number of hydrogen-bond donors (Lipinski definition) is 2. The highest BCUT2D eigenvalue weighted by Gasteiger charge is 2.20. The first-order chi connectivity index (χ1) is 8.24. The molecule has 2 aliphatic carbocycles. The van der Waals surface area contributed by atoms with Crippen molar-refractivity contribution in [1.82, 2.24) is 5.32 Å². The standard InChI is InChI=1S/C14H26N2O/c15-12-7-9-13(10-8-12)16-14(17)6-2-5-11-3-1-4-11/h11-13H,1-10,15H2,(H,16,17). The van der Waals surface area contributed by atoms with Crippen molar-refractivity contribution in [1.29, 1.82) is 0 Å². The molecule has 0 radical (unpaired) electrons. The summed E-state index contributed by atoms with van der Waals surface area (Å²) in [7, 11) is 0. The molecule has 3 N–H and O–H groups in total. The minimum absolute atomic E-state index is 0.254. The van der Waals surface area contributed by atoms with Gasteiger partial charge in [0, 0.05) is 18.5 Å². The number of rotatable bonds is 5. The summed E-state index contributed by atoms with van der Waals surface area (Å²) in [5.41, 5.74) is 5.85. The van der Waals surface area contributed by atoms with Gasteiger partial charge < -0.3 is 11.1 Å². The molecular weight excluding hydrogens is 212 g/mol. The van der Waals surface area contributed by atoms with Crippen LogP contribution in [0.3, 0.4) is 0 Å². The summed E-state index contributed by atoms with van der Waals surface area (Å²) in [5, 5.41) is 3.15. The monoisotopic (exact) mass is 238 g/mol. The van der Waals surface area contributed by atoms with Gasteiger partial charge in [-0.2, -0.15) is 0 Å². The van der Waals surface area contributed by atoms with Gasteiger partial charge in [-0.05, 0) is 44.4 Å². The smallest absolute Gasteiger partial charge is 0.220 e. The number of carbonyl (C=O) groups is 1. The fourth-order valence-corrected chi connectivity index (χ4v) is 2.90. The van der Waals surface area contributed by atoms with Gasteiger partial charge in [-0.3, -0.25) is 4.79 Å². The van der Waals surface area contributed by atoms with E-state index in [0.29, 0.717) is 12.1 Å². The third-order valence-corrected chi connectivity index (χ3v) is 4.38. The minimum atomic E-state index is 0.254. The molecule has 0 aromatic heterocycles. The predicted molar refractivity (Wildman–Crippen MR) is 69.6 cm³/mol. The van der Waals surface area contributed by atoms with Gasteiger partial charge in [-0.25, -0.2) is 0 Å². The van der Waals surface area contributed by atoms with Crippen molar-refractivity contribution in [2.24, 2.45) is 11.7 Å². The van der Waals surface area contributed by atoms with Crippen molar-refractivity contribution in [3.8, 4) is 0 Å². The Balaban J connectivity index is 1.53. The molecule has 0 saturated heterocycles. The molecule has 2 saturated carbocycles. The minimum Gasteiger partial charge on any atom is -0.353 e. The Hall–Kier alpha value is -0.570. The van der Waals surface area contributed by atoms with E-state index in [1.54, 1.807) is 0 Å². The van der Waals surface area contributed by atoms with E-state index in [0.717, 1.165) is 44.4 Å². The van der Waals surface area contributed by atoms with Crippen LogP contribution in [-0.4, -0.2) is 18.0 Å². The summed E-state index contributed by atoms with van der Waals surface area (Å²) in [5.74, 6) is 1.18. The summed E-state index contributed by atoms with van der Waals surface area (Å²) in [6, 6.07) is 0.757. The highest BCUT2D eigenvalue weighted by molar-refractivity contribution is 5.76. The molecule has 3 heteroatoms. The molecule has 2 aliphatic rings. The molecular formula is C14H26N2O. The van der Waals surface area contributed by atoms with E-state index in [2.05, 4.69) is 5.32 Å². The molecule has 0 aromatic carbocycles. The summed E-state index contributed by atoms with van der Waals surface area (Å²) in [6.45, 7) is 0. The van der Waals surface area contributed by atoms with Gasteiger partial charge in [0.15, 0.2) is 0 Å². The van der Waals surface area contributed by atoms with Crippen LogP contribution >= 0.6 is 0 Å². The summed E-state index contributed by atoms with van der Waals surface area (Å²) in [4.78, 5) is 11.7. The third kappa shape index (κ3) is 4.30. The van der Waals surface area contributed by atoms with Gasteiger partial charge in [0.2, 0.25) is 5.91 Å². The quantitative estimate of drug-likeness (QED) is 0.772. The Kier molecular flexibility index (Phi) is 4.84. The number of carbonyl (C=O) groups excluding carboxylic acids is 1. The Bertz CT molecular complexity index is 243. The second kappa shape index (κ2) is 6.39. The maximum Gasteiger partial charge on any atom is 0.220 e. The maximum absolute atomic E-state index is 11.7. The van der Waals surface area contributed by atoms with E-state index in [4.69, 9.17) is 5.73 Å². The van der Waals surface area contributed by atoms with Crippen molar-refractivity contribution in [2.75, 3.05) is 0 Å². The zero-order valence-electron chi connectivity index (χ0n) is 10.8. The lowest BCUT2D eigenvalue weighted by atomic mass is 9.82. The van der Waals surface area contributed by atoms with Crippen LogP contribution < -0.4 is 11.1 Å². The first kappa shape index (κ1) is 12.9. The Morgan fingerprint density at radius 3 is 2.41 bits per heavy atom. The SMILES string of the molecule is NC1CCC(NC(=O)CCCC2CCC2)CC1. The molecule has 0 unspecified atom stereocenters. The molecule has 98 valence electrons.